The van der Waals surface area contributed by atoms with Gasteiger partial charge in [-0.2, -0.15) is 5.10 Å². The third kappa shape index (κ3) is 3.21. The van der Waals surface area contributed by atoms with E-state index in [2.05, 4.69) is 55.5 Å². The second-order valence-electron chi connectivity index (χ2n) is 9.47. The number of piperidine rings is 2. The van der Waals surface area contributed by atoms with Crippen LogP contribution in [0, 0.1) is 5.92 Å². The van der Waals surface area contributed by atoms with Crippen molar-refractivity contribution in [3.8, 4) is 0 Å². The molecule has 8 heteroatoms. The van der Waals surface area contributed by atoms with E-state index in [9.17, 15) is 9.90 Å². The van der Waals surface area contributed by atoms with Gasteiger partial charge in [0.25, 0.3) is 5.91 Å². The Hall–Kier alpha value is -2.81. The van der Waals surface area contributed by atoms with E-state index in [0.29, 0.717) is 23.7 Å². The van der Waals surface area contributed by atoms with Gasteiger partial charge in [0.05, 0.1) is 0 Å². The topological polar surface area (TPSA) is 86.0 Å². The summed E-state index contributed by atoms with van der Waals surface area (Å²) in [5, 5.41) is 17.1. The van der Waals surface area contributed by atoms with Crippen molar-refractivity contribution in [2.75, 3.05) is 45.9 Å². The second kappa shape index (κ2) is 7.65. The van der Waals surface area contributed by atoms with Gasteiger partial charge in [-0.25, -0.2) is 9.50 Å². The van der Waals surface area contributed by atoms with E-state index in [1.165, 1.54) is 5.56 Å². The van der Waals surface area contributed by atoms with Crippen molar-refractivity contribution in [3.63, 3.8) is 0 Å². The summed E-state index contributed by atoms with van der Waals surface area (Å²) < 4.78 is 1.63. The minimum absolute atomic E-state index is 0.0560. The first kappa shape index (κ1) is 19.8. The molecule has 4 saturated heterocycles. The van der Waals surface area contributed by atoms with E-state index < -0.39 is 0 Å². The number of fused-ring (bicyclic) bond motifs is 2. The quantitative estimate of drug-likeness (QED) is 0.613. The van der Waals surface area contributed by atoms with Crippen LogP contribution in [0.1, 0.15) is 21.6 Å². The number of nitrogens with zero attached hydrogens (tertiary/aromatic N) is 5. The zero-order valence-corrected chi connectivity index (χ0v) is 18.0. The van der Waals surface area contributed by atoms with Gasteiger partial charge in [-0.3, -0.25) is 4.79 Å². The first-order valence-corrected chi connectivity index (χ1v) is 11.4. The molecular weight excluding hydrogens is 404 g/mol. The Labute approximate surface area is 186 Å². The highest BCUT2D eigenvalue weighted by atomic mass is 16.3. The molecule has 4 aliphatic heterocycles. The van der Waals surface area contributed by atoms with Crippen LogP contribution in [0.3, 0.4) is 0 Å². The van der Waals surface area contributed by atoms with Crippen molar-refractivity contribution < 1.29 is 9.90 Å². The molecule has 3 atom stereocenters. The van der Waals surface area contributed by atoms with Crippen LogP contribution in [0.2, 0.25) is 0 Å². The summed E-state index contributed by atoms with van der Waals surface area (Å²) in [4.78, 5) is 22.9. The van der Waals surface area contributed by atoms with E-state index in [0.717, 1.165) is 44.8 Å². The van der Waals surface area contributed by atoms with E-state index in [4.69, 9.17) is 0 Å². The fraction of sp³-hybridized carbons (Fsp3) is 0.458. The molecule has 7 rings (SSSR count). The number of hydrogen-bond acceptors (Lipinski definition) is 6. The molecule has 32 heavy (non-hydrogen) atoms. The zero-order valence-electron chi connectivity index (χ0n) is 18.0. The smallest absolute Gasteiger partial charge is 0.272 e. The Morgan fingerprint density at radius 1 is 1.16 bits per heavy atom. The van der Waals surface area contributed by atoms with Gasteiger partial charge in [0.1, 0.15) is 0 Å². The number of hydrogen-bond donors (Lipinski definition) is 2. The van der Waals surface area contributed by atoms with Crippen LogP contribution in [-0.4, -0.2) is 87.3 Å². The number of aliphatic hydroxyl groups is 1. The van der Waals surface area contributed by atoms with Gasteiger partial charge in [-0.1, -0.05) is 30.3 Å². The minimum atomic E-state index is -0.143. The SMILES string of the molecule is O=C(NC1C2CN3CCN(C2)CC1(c1ccccc1)C3)c1cc2ncc(CCO)cn2n1. The van der Waals surface area contributed by atoms with Crippen molar-refractivity contribution >= 4 is 11.6 Å². The molecule has 4 aliphatic rings. The number of carbonyl (C=O) groups excluding carboxylic acids is 1. The molecule has 0 saturated carbocycles. The number of carbonyl (C=O) groups is 1. The molecule has 1 aromatic carbocycles. The molecule has 0 radical (unpaired) electrons. The van der Waals surface area contributed by atoms with Crippen LogP contribution < -0.4 is 5.32 Å². The second-order valence-corrected chi connectivity index (χ2v) is 9.47. The molecule has 1 amide bonds. The summed E-state index contributed by atoms with van der Waals surface area (Å²) in [5.74, 6) is 0.242. The van der Waals surface area contributed by atoms with Gasteiger partial charge in [-0.05, 0) is 17.5 Å². The highest BCUT2D eigenvalue weighted by Crippen LogP contribution is 2.43. The van der Waals surface area contributed by atoms with Gasteiger partial charge >= 0.3 is 0 Å². The number of aliphatic hydroxyl groups excluding tert-OH is 1. The number of benzene rings is 1. The molecule has 8 nitrogen and oxygen atoms in total. The van der Waals surface area contributed by atoms with Gasteiger partial charge in [0.2, 0.25) is 0 Å². The lowest BCUT2D eigenvalue weighted by Gasteiger charge is -2.55. The van der Waals surface area contributed by atoms with Crippen LogP contribution in [0.5, 0.6) is 0 Å². The van der Waals surface area contributed by atoms with Crippen LogP contribution in [0.15, 0.2) is 48.8 Å². The fourth-order valence-electron chi connectivity index (χ4n) is 6.07. The molecule has 0 spiro atoms. The largest absolute Gasteiger partial charge is 0.396 e. The number of aromatic nitrogens is 3. The van der Waals surface area contributed by atoms with E-state index in [1.54, 1.807) is 16.8 Å². The van der Waals surface area contributed by atoms with E-state index in [-0.39, 0.29) is 24.0 Å². The summed E-state index contributed by atoms with van der Waals surface area (Å²) in [7, 11) is 0. The molecule has 3 aromatic rings. The molecule has 2 N–H and O–H groups in total. The lowest BCUT2D eigenvalue weighted by Crippen LogP contribution is -2.70. The third-order valence-electron chi connectivity index (χ3n) is 7.43. The van der Waals surface area contributed by atoms with Gasteiger partial charge < -0.3 is 20.2 Å². The average molecular weight is 433 g/mol. The maximum Gasteiger partial charge on any atom is 0.272 e. The predicted molar refractivity (Wildman–Crippen MR) is 120 cm³/mol. The maximum absolute atomic E-state index is 13.4. The van der Waals surface area contributed by atoms with Crippen molar-refractivity contribution in [1.29, 1.82) is 0 Å². The third-order valence-corrected chi connectivity index (χ3v) is 7.43. The molecule has 166 valence electrons. The molecule has 4 bridgehead atoms. The number of nitrogens with one attached hydrogen (secondary N) is 1. The summed E-state index contributed by atoms with van der Waals surface area (Å²) >= 11 is 0. The molecule has 4 fully saturated rings. The highest BCUT2D eigenvalue weighted by Gasteiger charge is 2.55. The lowest BCUT2D eigenvalue weighted by molar-refractivity contribution is 0.0179. The summed E-state index contributed by atoms with van der Waals surface area (Å²) in [5.41, 5.74) is 3.08. The van der Waals surface area contributed by atoms with Crippen molar-refractivity contribution in [2.45, 2.75) is 17.9 Å². The molecule has 0 aliphatic carbocycles. The molecule has 6 heterocycles. The lowest BCUT2D eigenvalue weighted by atomic mass is 9.64. The van der Waals surface area contributed by atoms with Crippen LogP contribution in [-0.2, 0) is 11.8 Å². The van der Waals surface area contributed by atoms with Crippen molar-refractivity contribution in [2.24, 2.45) is 5.92 Å². The van der Waals surface area contributed by atoms with Gasteiger partial charge in [0.15, 0.2) is 11.3 Å². The maximum atomic E-state index is 13.4. The number of rotatable bonds is 5. The summed E-state index contributed by atoms with van der Waals surface area (Å²) in [6, 6.07) is 12.5. The molecule has 2 aromatic heterocycles. The normalized spacial score (nSPS) is 31.0. The first-order chi connectivity index (χ1) is 15.6. The Morgan fingerprint density at radius 3 is 2.62 bits per heavy atom. The molecule has 3 unspecified atom stereocenters. The number of amides is 1. The fourth-order valence-corrected chi connectivity index (χ4v) is 6.07. The summed E-state index contributed by atoms with van der Waals surface area (Å²) in [6.45, 7) is 6.22. The Bertz CT molecular complexity index is 1130. The van der Waals surface area contributed by atoms with Gasteiger partial charge in [0, 0.05) is 81.7 Å². The van der Waals surface area contributed by atoms with Crippen LogP contribution in [0.4, 0.5) is 0 Å². The predicted octanol–water partition coefficient (Wildman–Crippen LogP) is 0.562. The van der Waals surface area contributed by atoms with Gasteiger partial charge in [-0.15, -0.1) is 0 Å². The van der Waals surface area contributed by atoms with E-state index >= 15 is 0 Å². The highest BCUT2D eigenvalue weighted by molar-refractivity contribution is 5.93. The van der Waals surface area contributed by atoms with E-state index in [1.807, 2.05) is 6.20 Å². The van der Waals surface area contributed by atoms with Crippen LogP contribution >= 0.6 is 0 Å². The standard InChI is InChI=1S/C24H28N6O2/c31-9-6-17-11-25-21-10-20(27-30(21)12-17)23(32)26-22-18-13-28-7-8-29(14-18)16-24(22,15-28)19-4-2-1-3-5-19/h1-5,10-12,18,22,31H,6-9,13-16H2,(H,26,32). The van der Waals surface area contributed by atoms with Crippen molar-refractivity contribution in [1.82, 2.24) is 29.7 Å². The zero-order chi connectivity index (χ0) is 21.7. The first-order valence-electron chi connectivity index (χ1n) is 11.4. The van der Waals surface area contributed by atoms with Crippen molar-refractivity contribution in [3.05, 3.63) is 65.6 Å². The Morgan fingerprint density at radius 2 is 1.91 bits per heavy atom. The Kier molecular flexibility index (Phi) is 4.74. The minimum Gasteiger partial charge on any atom is -0.396 e. The average Bonchev–Trinajstić information content (AvgIpc) is 3.07. The van der Waals surface area contributed by atoms with Crippen LogP contribution in [0.25, 0.3) is 5.65 Å². The summed E-state index contributed by atoms with van der Waals surface area (Å²) in [6.07, 6.45) is 4.07. The monoisotopic (exact) mass is 432 g/mol. The Balaban J connectivity index is 1.33. The molecular formula is C24H28N6O2.